The van der Waals surface area contributed by atoms with Crippen LogP contribution in [0.4, 0.5) is 0 Å². The third-order valence-electron chi connectivity index (χ3n) is 5.42. The average Bonchev–Trinajstić information content (AvgIpc) is 2.38. The van der Waals surface area contributed by atoms with Crippen LogP contribution >= 0.6 is 0 Å². The molecule has 2 saturated carbocycles. The van der Waals surface area contributed by atoms with Gasteiger partial charge in [0.05, 0.1) is 6.10 Å². The van der Waals surface area contributed by atoms with Crippen molar-refractivity contribution in [3.05, 3.63) is 35.9 Å². The van der Waals surface area contributed by atoms with Gasteiger partial charge >= 0.3 is 0 Å². The lowest BCUT2D eigenvalue weighted by atomic mass is 9.64. The third kappa shape index (κ3) is 2.02. The number of ether oxygens (including phenoxy) is 1. The van der Waals surface area contributed by atoms with Crippen molar-refractivity contribution in [2.24, 2.45) is 11.8 Å². The van der Waals surface area contributed by atoms with Crippen LogP contribution in [-0.4, -0.2) is 23.8 Å². The minimum atomic E-state index is 0.0462. The van der Waals surface area contributed by atoms with Crippen molar-refractivity contribution in [1.29, 1.82) is 0 Å². The quantitative estimate of drug-likeness (QED) is 0.822. The van der Waals surface area contributed by atoms with Crippen molar-refractivity contribution in [2.75, 3.05) is 7.05 Å². The van der Waals surface area contributed by atoms with Crippen LogP contribution in [-0.2, 0) is 11.3 Å². The van der Waals surface area contributed by atoms with Crippen molar-refractivity contribution >= 4 is 0 Å². The first-order chi connectivity index (χ1) is 9.23. The maximum atomic E-state index is 6.47. The number of rotatable bonds is 3. The summed E-state index contributed by atoms with van der Waals surface area (Å²) in [5, 5.41) is 0. The van der Waals surface area contributed by atoms with Gasteiger partial charge < -0.3 is 4.74 Å². The number of nitrogens with zero attached hydrogens (tertiary/aromatic N) is 1. The highest BCUT2D eigenvalue weighted by Crippen LogP contribution is 2.54. The number of hydrogen-bond donors (Lipinski definition) is 0. The van der Waals surface area contributed by atoms with E-state index in [2.05, 4.69) is 42.3 Å². The van der Waals surface area contributed by atoms with Gasteiger partial charge in [-0.25, -0.2) is 0 Å². The Balaban J connectivity index is 1.55. The molecule has 0 N–H and O–H groups in total. The molecular formula is C17H23NO. The van der Waals surface area contributed by atoms with E-state index >= 15 is 0 Å². The molecule has 2 nitrogen and oxygen atoms in total. The molecule has 4 bridgehead atoms. The standard InChI is InChI=1S/C17H23NO/c1-18(12-13-5-3-2-4-6-13)17-10-14-7-15(11-17)9-16(8-14)19-17/h2-6,14-16H,7-12H2,1H3/t14-,15+,16+,17-. The minimum absolute atomic E-state index is 0.0462. The molecule has 0 aromatic heterocycles. The van der Waals surface area contributed by atoms with Crippen molar-refractivity contribution in [1.82, 2.24) is 4.90 Å². The highest BCUT2D eigenvalue weighted by molar-refractivity contribution is 5.15. The summed E-state index contributed by atoms with van der Waals surface area (Å²) >= 11 is 0. The Labute approximate surface area is 115 Å². The van der Waals surface area contributed by atoms with Crippen molar-refractivity contribution < 1.29 is 4.74 Å². The van der Waals surface area contributed by atoms with Crippen LogP contribution in [0.15, 0.2) is 30.3 Å². The first kappa shape index (κ1) is 11.9. The molecule has 0 radical (unpaired) electrons. The zero-order valence-electron chi connectivity index (χ0n) is 11.7. The van der Waals surface area contributed by atoms with Crippen LogP contribution in [0, 0.1) is 11.8 Å². The monoisotopic (exact) mass is 257 g/mol. The van der Waals surface area contributed by atoms with E-state index < -0.39 is 0 Å². The van der Waals surface area contributed by atoms with E-state index in [4.69, 9.17) is 4.74 Å². The lowest BCUT2D eigenvalue weighted by Gasteiger charge is -2.59. The van der Waals surface area contributed by atoms with Crippen molar-refractivity contribution in [2.45, 2.75) is 50.5 Å². The van der Waals surface area contributed by atoms with Gasteiger partial charge in [0, 0.05) is 6.54 Å². The predicted molar refractivity (Wildman–Crippen MR) is 75.6 cm³/mol. The highest BCUT2D eigenvalue weighted by atomic mass is 16.5. The summed E-state index contributed by atoms with van der Waals surface area (Å²) in [5.74, 6) is 1.84. The number of benzene rings is 1. The Morgan fingerprint density at radius 2 is 1.79 bits per heavy atom. The molecule has 102 valence electrons. The second-order valence-corrected chi connectivity index (χ2v) is 6.88. The molecule has 2 aliphatic carbocycles. The largest absolute Gasteiger partial charge is 0.357 e. The third-order valence-corrected chi connectivity index (χ3v) is 5.42. The van der Waals surface area contributed by atoms with Crippen molar-refractivity contribution in [3.8, 4) is 0 Å². The lowest BCUT2D eigenvalue weighted by molar-refractivity contribution is -0.280. The fraction of sp³-hybridized carbons (Fsp3) is 0.647. The molecule has 4 fully saturated rings. The molecule has 19 heavy (non-hydrogen) atoms. The van der Waals surface area contributed by atoms with Gasteiger partial charge in [-0.05, 0) is 56.6 Å². The molecule has 4 atom stereocenters. The van der Waals surface area contributed by atoms with Crippen LogP contribution in [0.3, 0.4) is 0 Å². The molecule has 2 aliphatic heterocycles. The molecule has 2 saturated heterocycles. The van der Waals surface area contributed by atoms with E-state index in [1.54, 1.807) is 0 Å². The first-order valence-corrected chi connectivity index (χ1v) is 7.66. The van der Waals surface area contributed by atoms with Crippen LogP contribution in [0.2, 0.25) is 0 Å². The second kappa shape index (κ2) is 4.32. The van der Waals surface area contributed by atoms with Gasteiger partial charge in [-0.1, -0.05) is 30.3 Å². The first-order valence-electron chi connectivity index (χ1n) is 7.66. The second-order valence-electron chi connectivity index (χ2n) is 6.88. The Hall–Kier alpha value is -0.860. The van der Waals surface area contributed by atoms with Gasteiger partial charge in [0.25, 0.3) is 0 Å². The summed E-state index contributed by atoms with van der Waals surface area (Å²) in [7, 11) is 2.25. The summed E-state index contributed by atoms with van der Waals surface area (Å²) in [4.78, 5) is 2.48. The van der Waals surface area contributed by atoms with Gasteiger partial charge in [-0.2, -0.15) is 0 Å². The molecule has 1 aromatic rings. The minimum Gasteiger partial charge on any atom is -0.357 e. The van der Waals surface area contributed by atoms with E-state index in [1.165, 1.54) is 37.7 Å². The SMILES string of the molecule is CN(Cc1ccccc1)[C@]12C[C@@H]3C[C@@H](C[C@H](C3)O1)C2. The number of hydrogen-bond acceptors (Lipinski definition) is 2. The Morgan fingerprint density at radius 3 is 2.42 bits per heavy atom. The van der Waals surface area contributed by atoms with E-state index in [0.29, 0.717) is 6.10 Å². The summed E-state index contributed by atoms with van der Waals surface area (Å²) in [5.41, 5.74) is 1.44. The van der Waals surface area contributed by atoms with Gasteiger partial charge in [-0.3, -0.25) is 4.90 Å². The van der Waals surface area contributed by atoms with Crippen LogP contribution in [0.1, 0.15) is 37.7 Å². The Morgan fingerprint density at radius 1 is 1.11 bits per heavy atom. The molecule has 0 spiro atoms. The van der Waals surface area contributed by atoms with Gasteiger partial charge in [0.15, 0.2) is 0 Å². The summed E-state index contributed by atoms with van der Waals surface area (Å²) in [6.07, 6.45) is 7.15. The Kier molecular flexibility index (Phi) is 2.71. The maximum Gasteiger partial charge on any atom is 0.122 e. The van der Waals surface area contributed by atoms with Crippen LogP contribution in [0.5, 0.6) is 0 Å². The average molecular weight is 257 g/mol. The Bertz CT molecular complexity index is 420. The summed E-state index contributed by atoms with van der Waals surface area (Å²) in [6.45, 7) is 1.01. The summed E-state index contributed by atoms with van der Waals surface area (Å²) in [6, 6.07) is 10.8. The molecule has 2 heteroatoms. The van der Waals surface area contributed by atoms with Gasteiger partial charge in [0.1, 0.15) is 5.72 Å². The van der Waals surface area contributed by atoms with Crippen LogP contribution < -0.4 is 0 Å². The fourth-order valence-corrected chi connectivity index (χ4v) is 4.73. The zero-order chi connectivity index (χ0) is 12.9. The smallest absolute Gasteiger partial charge is 0.122 e. The van der Waals surface area contributed by atoms with E-state index in [9.17, 15) is 0 Å². The van der Waals surface area contributed by atoms with E-state index in [0.717, 1.165) is 18.4 Å². The fourth-order valence-electron chi connectivity index (χ4n) is 4.73. The molecular weight excluding hydrogens is 234 g/mol. The zero-order valence-corrected chi connectivity index (χ0v) is 11.7. The van der Waals surface area contributed by atoms with E-state index in [1.807, 2.05) is 0 Å². The molecule has 5 rings (SSSR count). The molecule has 0 amide bonds. The highest BCUT2D eigenvalue weighted by Gasteiger charge is 2.53. The van der Waals surface area contributed by atoms with Gasteiger partial charge in [-0.15, -0.1) is 0 Å². The maximum absolute atomic E-state index is 6.47. The molecule has 1 aromatic carbocycles. The molecule has 0 unspecified atom stereocenters. The topological polar surface area (TPSA) is 12.5 Å². The summed E-state index contributed by atoms with van der Waals surface area (Å²) < 4.78 is 6.47. The predicted octanol–water partition coefficient (Wildman–Crippen LogP) is 3.42. The molecule has 2 heterocycles. The normalized spacial score (nSPS) is 40.0. The van der Waals surface area contributed by atoms with Crippen LogP contribution in [0.25, 0.3) is 0 Å². The van der Waals surface area contributed by atoms with Crippen molar-refractivity contribution in [3.63, 3.8) is 0 Å². The molecule has 4 aliphatic rings. The van der Waals surface area contributed by atoms with E-state index in [-0.39, 0.29) is 5.72 Å². The lowest BCUT2D eigenvalue weighted by Crippen LogP contribution is -2.61. The van der Waals surface area contributed by atoms with Gasteiger partial charge in [0.2, 0.25) is 0 Å².